The average molecular weight is 286 g/mol. The molecular formula is C11H18N4O3S. The number of urea groups is 1. The van der Waals surface area contributed by atoms with Crippen LogP contribution < -0.4 is 10.6 Å². The smallest absolute Gasteiger partial charge is 0.321 e. The normalized spacial score (nSPS) is 11.9. The van der Waals surface area contributed by atoms with Gasteiger partial charge in [-0.15, -0.1) is 10.2 Å². The zero-order chi connectivity index (χ0) is 14.3. The van der Waals surface area contributed by atoms with E-state index in [4.69, 9.17) is 5.11 Å². The van der Waals surface area contributed by atoms with E-state index in [2.05, 4.69) is 20.8 Å². The van der Waals surface area contributed by atoms with E-state index in [9.17, 15) is 9.59 Å². The summed E-state index contributed by atoms with van der Waals surface area (Å²) in [7, 11) is 0. The number of rotatable bonds is 7. The fourth-order valence-electron chi connectivity index (χ4n) is 1.33. The van der Waals surface area contributed by atoms with Gasteiger partial charge in [-0.2, -0.15) is 0 Å². The van der Waals surface area contributed by atoms with Crippen LogP contribution in [0.2, 0.25) is 0 Å². The fourth-order valence-corrected chi connectivity index (χ4v) is 2.00. The van der Waals surface area contributed by atoms with Gasteiger partial charge >= 0.3 is 12.0 Å². The summed E-state index contributed by atoms with van der Waals surface area (Å²) in [5.74, 6) is -0.709. The number of carbonyl (C=O) groups is 2. The topological polar surface area (TPSA) is 104 Å². The number of anilines is 1. The molecule has 0 aliphatic rings. The molecule has 0 saturated carbocycles. The number of nitrogens with one attached hydrogen (secondary N) is 2. The summed E-state index contributed by atoms with van der Waals surface area (Å²) in [6, 6.07) is -0.346. The van der Waals surface area contributed by atoms with Crippen molar-refractivity contribution in [3.05, 3.63) is 5.01 Å². The number of nitrogens with zero attached hydrogens (tertiary/aromatic N) is 2. The van der Waals surface area contributed by atoms with Crippen molar-refractivity contribution in [1.82, 2.24) is 15.5 Å². The van der Waals surface area contributed by atoms with Crippen molar-refractivity contribution in [2.75, 3.05) is 11.9 Å². The standard InChI is InChI=1S/C11H18N4O3S/c1-3-8-14-15-11(19-8)13-10(18)12-6-7(2)4-5-9(16)17/h7H,3-6H2,1-2H3,(H,16,17)(H2,12,13,15,18). The van der Waals surface area contributed by atoms with Crippen molar-refractivity contribution in [2.45, 2.75) is 33.1 Å². The second kappa shape index (κ2) is 7.67. The third-order valence-corrected chi connectivity index (χ3v) is 3.43. The third kappa shape index (κ3) is 6.14. The molecular weight excluding hydrogens is 268 g/mol. The van der Waals surface area contributed by atoms with E-state index in [0.29, 0.717) is 18.1 Å². The SMILES string of the molecule is CCc1nnc(NC(=O)NCC(C)CCC(=O)O)s1. The van der Waals surface area contributed by atoms with E-state index in [1.165, 1.54) is 11.3 Å². The minimum absolute atomic E-state index is 0.112. The Hall–Kier alpha value is -1.70. The van der Waals surface area contributed by atoms with E-state index in [-0.39, 0.29) is 18.4 Å². The fraction of sp³-hybridized carbons (Fsp3) is 0.636. The van der Waals surface area contributed by atoms with Gasteiger partial charge in [0, 0.05) is 13.0 Å². The highest BCUT2D eigenvalue weighted by molar-refractivity contribution is 7.15. The maximum Gasteiger partial charge on any atom is 0.321 e. The molecule has 8 heteroatoms. The lowest BCUT2D eigenvalue weighted by Gasteiger charge is -2.11. The molecule has 1 rings (SSSR count). The molecule has 1 heterocycles. The van der Waals surface area contributed by atoms with Gasteiger partial charge in [-0.1, -0.05) is 25.2 Å². The van der Waals surface area contributed by atoms with Crippen LogP contribution in [-0.4, -0.2) is 33.8 Å². The van der Waals surface area contributed by atoms with Crippen LogP contribution in [0.1, 0.15) is 31.7 Å². The van der Waals surface area contributed by atoms with Gasteiger partial charge < -0.3 is 10.4 Å². The van der Waals surface area contributed by atoms with E-state index in [1.54, 1.807) is 0 Å². The summed E-state index contributed by atoms with van der Waals surface area (Å²) in [6.45, 7) is 4.29. The maximum atomic E-state index is 11.6. The van der Waals surface area contributed by atoms with Crippen molar-refractivity contribution < 1.29 is 14.7 Å². The Morgan fingerprint density at radius 2 is 2.16 bits per heavy atom. The molecule has 0 saturated heterocycles. The van der Waals surface area contributed by atoms with Crippen LogP contribution in [0.5, 0.6) is 0 Å². The lowest BCUT2D eigenvalue weighted by atomic mass is 10.1. The second-order valence-corrected chi connectivity index (χ2v) is 5.29. The molecule has 0 fully saturated rings. The molecule has 0 radical (unpaired) electrons. The summed E-state index contributed by atoms with van der Waals surface area (Å²) in [5, 5.41) is 22.9. The molecule has 2 amide bonds. The highest BCUT2D eigenvalue weighted by Crippen LogP contribution is 2.15. The molecule has 1 atom stereocenters. The van der Waals surface area contributed by atoms with E-state index in [1.807, 2.05) is 13.8 Å². The van der Waals surface area contributed by atoms with Gasteiger partial charge in [-0.3, -0.25) is 10.1 Å². The number of aliphatic carboxylic acids is 1. The van der Waals surface area contributed by atoms with Crippen LogP contribution in [-0.2, 0) is 11.2 Å². The predicted octanol–water partition coefficient (Wildman–Crippen LogP) is 1.72. The van der Waals surface area contributed by atoms with Crippen LogP contribution in [0.4, 0.5) is 9.93 Å². The quantitative estimate of drug-likeness (QED) is 0.708. The minimum Gasteiger partial charge on any atom is -0.481 e. The highest BCUT2D eigenvalue weighted by Gasteiger charge is 2.09. The molecule has 106 valence electrons. The summed E-state index contributed by atoms with van der Waals surface area (Å²) >= 11 is 1.34. The molecule has 0 aromatic carbocycles. The monoisotopic (exact) mass is 286 g/mol. The zero-order valence-electron chi connectivity index (χ0n) is 11.0. The number of hydrogen-bond donors (Lipinski definition) is 3. The Morgan fingerprint density at radius 3 is 2.74 bits per heavy atom. The highest BCUT2D eigenvalue weighted by atomic mass is 32.1. The first-order valence-electron chi connectivity index (χ1n) is 6.10. The van der Waals surface area contributed by atoms with Crippen molar-refractivity contribution in [2.24, 2.45) is 5.92 Å². The largest absolute Gasteiger partial charge is 0.481 e. The maximum absolute atomic E-state index is 11.6. The number of carbonyl (C=O) groups excluding carboxylic acids is 1. The van der Waals surface area contributed by atoms with Crippen molar-refractivity contribution in [1.29, 1.82) is 0 Å². The molecule has 1 aromatic heterocycles. The number of amides is 2. The van der Waals surface area contributed by atoms with Crippen LogP contribution in [0, 0.1) is 5.92 Å². The number of aryl methyl sites for hydroxylation is 1. The molecule has 7 nitrogen and oxygen atoms in total. The summed E-state index contributed by atoms with van der Waals surface area (Å²) in [6.07, 6.45) is 1.43. The first kappa shape index (κ1) is 15.4. The zero-order valence-corrected chi connectivity index (χ0v) is 11.8. The van der Waals surface area contributed by atoms with Gasteiger partial charge in [-0.05, 0) is 18.8 Å². The molecule has 0 aliphatic carbocycles. The summed E-state index contributed by atoms with van der Waals surface area (Å²) < 4.78 is 0. The number of carboxylic acid groups (broad SMARTS) is 1. The van der Waals surface area contributed by atoms with Crippen molar-refractivity contribution >= 4 is 28.5 Å². The van der Waals surface area contributed by atoms with Crippen molar-refractivity contribution in [3.63, 3.8) is 0 Å². The van der Waals surface area contributed by atoms with Crippen LogP contribution in [0.15, 0.2) is 0 Å². The number of carboxylic acids is 1. The molecule has 0 spiro atoms. The Bertz CT molecular complexity index is 435. The van der Waals surface area contributed by atoms with Gasteiger partial charge in [-0.25, -0.2) is 4.79 Å². The number of aromatic nitrogens is 2. The van der Waals surface area contributed by atoms with Gasteiger partial charge in [0.2, 0.25) is 5.13 Å². The average Bonchev–Trinajstić information content (AvgIpc) is 2.81. The predicted molar refractivity (Wildman–Crippen MR) is 72.3 cm³/mol. The van der Waals surface area contributed by atoms with Gasteiger partial charge in [0.1, 0.15) is 5.01 Å². The minimum atomic E-state index is -0.822. The van der Waals surface area contributed by atoms with Crippen LogP contribution in [0.25, 0.3) is 0 Å². The van der Waals surface area contributed by atoms with Crippen LogP contribution in [0.3, 0.4) is 0 Å². The Kier molecular flexibility index (Phi) is 6.20. The first-order valence-corrected chi connectivity index (χ1v) is 6.92. The van der Waals surface area contributed by atoms with E-state index in [0.717, 1.165) is 11.4 Å². The first-order chi connectivity index (χ1) is 9.01. The lowest BCUT2D eigenvalue weighted by Crippen LogP contribution is -2.32. The summed E-state index contributed by atoms with van der Waals surface area (Å²) in [5.41, 5.74) is 0. The molecule has 3 N–H and O–H groups in total. The summed E-state index contributed by atoms with van der Waals surface area (Å²) in [4.78, 5) is 22.0. The van der Waals surface area contributed by atoms with Gasteiger partial charge in [0.15, 0.2) is 0 Å². The molecule has 19 heavy (non-hydrogen) atoms. The Morgan fingerprint density at radius 1 is 1.42 bits per heavy atom. The van der Waals surface area contributed by atoms with Gasteiger partial charge in [0.05, 0.1) is 0 Å². The third-order valence-electron chi connectivity index (χ3n) is 2.45. The Balaban J connectivity index is 2.25. The lowest BCUT2D eigenvalue weighted by molar-refractivity contribution is -0.137. The molecule has 1 unspecified atom stereocenters. The van der Waals surface area contributed by atoms with Crippen LogP contribution >= 0.6 is 11.3 Å². The van der Waals surface area contributed by atoms with Gasteiger partial charge in [0.25, 0.3) is 0 Å². The van der Waals surface area contributed by atoms with E-state index < -0.39 is 5.97 Å². The second-order valence-electron chi connectivity index (χ2n) is 4.23. The Labute approximate surface area is 115 Å². The van der Waals surface area contributed by atoms with Crippen molar-refractivity contribution in [3.8, 4) is 0 Å². The molecule has 0 aliphatic heterocycles. The van der Waals surface area contributed by atoms with E-state index >= 15 is 0 Å². The molecule has 1 aromatic rings. The molecule has 0 bridgehead atoms. The number of hydrogen-bond acceptors (Lipinski definition) is 5.